The van der Waals surface area contributed by atoms with Gasteiger partial charge in [0.15, 0.2) is 0 Å². The Kier molecular flexibility index (Phi) is 3.83. The first kappa shape index (κ1) is 12.9. The second-order valence-corrected chi connectivity index (χ2v) is 5.48. The molecule has 20 heavy (non-hydrogen) atoms. The van der Waals surface area contributed by atoms with E-state index in [2.05, 4.69) is 17.1 Å². The van der Waals surface area contributed by atoms with Crippen LogP contribution in [0.1, 0.15) is 11.3 Å². The van der Waals surface area contributed by atoms with E-state index in [9.17, 15) is 4.79 Å². The molecule has 0 unspecified atom stereocenters. The number of rotatable bonds is 4. The molecule has 0 atom stereocenters. The lowest BCUT2D eigenvalue weighted by atomic mass is 10.2. The Balaban J connectivity index is 1.73. The molecule has 3 rings (SSSR count). The van der Waals surface area contributed by atoms with Crippen molar-refractivity contribution in [2.45, 2.75) is 11.5 Å². The van der Waals surface area contributed by atoms with Gasteiger partial charge in [-0.2, -0.15) is 11.8 Å². The van der Waals surface area contributed by atoms with Crippen molar-refractivity contribution in [3.63, 3.8) is 0 Å². The summed E-state index contributed by atoms with van der Waals surface area (Å²) in [7, 11) is 0. The molecule has 1 aromatic carbocycles. The van der Waals surface area contributed by atoms with Crippen molar-refractivity contribution >= 4 is 17.4 Å². The van der Waals surface area contributed by atoms with Gasteiger partial charge in [0.1, 0.15) is 5.65 Å². The van der Waals surface area contributed by atoms with Gasteiger partial charge in [-0.05, 0) is 17.7 Å². The lowest BCUT2D eigenvalue weighted by Crippen LogP contribution is -2.14. The molecular weight excluding hydrogens is 268 g/mol. The lowest BCUT2D eigenvalue weighted by molar-refractivity contribution is 1.01. The minimum atomic E-state index is -0.0223. The molecule has 0 N–H and O–H groups in total. The molecule has 0 spiro atoms. The molecule has 0 amide bonds. The van der Waals surface area contributed by atoms with Crippen LogP contribution in [0.25, 0.3) is 5.65 Å². The van der Waals surface area contributed by atoms with Crippen LogP contribution >= 0.6 is 11.8 Å². The number of hydrogen-bond donors (Lipinski definition) is 0. The standard InChI is InChI=1S/C16H14N2OS/c19-16-10-14(17-15-8-4-5-9-18(15)16)12-20-11-13-6-2-1-3-7-13/h1-10H,11-12H2. The molecule has 2 aromatic heterocycles. The predicted octanol–water partition coefficient (Wildman–Crippen LogP) is 3.13. The van der Waals surface area contributed by atoms with Crippen molar-refractivity contribution in [3.05, 3.63) is 82.4 Å². The molecule has 0 saturated heterocycles. The third kappa shape index (κ3) is 2.91. The van der Waals surface area contributed by atoms with Gasteiger partial charge in [-0.3, -0.25) is 9.20 Å². The molecule has 0 aliphatic rings. The molecular formula is C16H14N2OS. The smallest absolute Gasteiger partial charge is 0.258 e. The maximum absolute atomic E-state index is 11.9. The van der Waals surface area contributed by atoms with E-state index in [1.807, 2.05) is 36.4 Å². The first-order valence-electron chi connectivity index (χ1n) is 6.42. The van der Waals surface area contributed by atoms with E-state index in [0.29, 0.717) is 5.65 Å². The van der Waals surface area contributed by atoms with Crippen LogP contribution in [-0.4, -0.2) is 9.38 Å². The fraction of sp³-hybridized carbons (Fsp3) is 0.125. The fourth-order valence-corrected chi connectivity index (χ4v) is 2.91. The molecule has 3 nitrogen and oxygen atoms in total. The summed E-state index contributed by atoms with van der Waals surface area (Å²) in [6.45, 7) is 0. The minimum Gasteiger partial charge on any atom is -0.269 e. The third-order valence-corrected chi connectivity index (χ3v) is 4.02. The van der Waals surface area contributed by atoms with Gasteiger partial charge in [-0.15, -0.1) is 0 Å². The fourth-order valence-electron chi connectivity index (χ4n) is 2.02. The number of pyridine rings is 1. The second kappa shape index (κ2) is 5.92. The van der Waals surface area contributed by atoms with Crippen molar-refractivity contribution in [1.82, 2.24) is 9.38 Å². The maximum Gasteiger partial charge on any atom is 0.258 e. The summed E-state index contributed by atoms with van der Waals surface area (Å²) in [5.41, 5.74) is 2.80. The summed E-state index contributed by atoms with van der Waals surface area (Å²) in [5.74, 6) is 1.67. The Morgan fingerprint density at radius 1 is 1.00 bits per heavy atom. The summed E-state index contributed by atoms with van der Waals surface area (Å²) in [5, 5.41) is 0. The number of benzene rings is 1. The molecule has 0 bridgehead atoms. The monoisotopic (exact) mass is 282 g/mol. The molecule has 2 heterocycles. The van der Waals surface area contributed by atoms with Crippen LogP contribution < -0.4 is 5.56 Å². The molecule has 0 aliphatic heterocycles. The zero-order valence-corrected chi connectivity index (χ0v) is 11.7. The number of thioether (sulfide) groups is 1. The summed E-state index contributed by atoms with van der Waals surface area (Å²) in [6.07, 6.45) is 1.74. The largest absolute Gasteiger partial charge is 0.269 e. The number of fused-ring (bicyclic) bond motifs is 1. The van der Waals surface area contributed by atoms with Crippen LogP contribution in [0.4, 0.5) is 0 Å². The Labute approximate surface area is 121 Å². The molecule has 0 saturated carbocycles. The van der Waals surface area contributed by atoms with E-state index < -0.39 is 0 Å². The number of aromatic nitrogens is 2. The van der Waals surface area contributed by atoms with Crippen molar-refractivity contribution in [2.75, 3.05) is 0 Å². The van der Waals surface area contributed by atoms with Crippen molar-refractivity contribution in [1.29, 1.82) is 0 Å². The number of nitrogens with zero attached hydrogens (tertiary/aromatic N) is 2. The van der Waals surface area contributed by atoms with Gasteiger partial charge in [0.2, 0.25) is 0 Å². The van der Waals surface area contributed by atoms with E-state index in [1.165, 1.54) is 5.56 Å². The SMILES string of the molecule is O=c1cc(CSCc2ccccc2)nc2ccccn12. The van der Waals surface area contributed by atoms with Crippen LogP contribution in [0.15, 0.2) is 65.6 Å². The molecule has 0 fully saturated rings. The number of hydrogen-bond acceptors (Lipinski definition) is 3. The van der Waals surface area contributed by atoms with Gasteiger partial charge < -0.3 is 0 Å². The summed E-state index contributed by atoms with van der Waals surface area (Å²) in [6, 6.07) is 17.5. The maximum atomic E-state index is 11.9. The van der Waals surface area contributed by atoms with Crippen LogP contribution in [0, 0.1) is 0 Å². The van der Waals surface area contributed by atoms with Crippen molar-refractivity contribution in [2.24, 2.45) is 0 Å². The van der Waals surface area contributed by atoms with Crippen molar-refractivity contribution < 1.29 is 0 Å². The van der Waals surface area contributed by atoms with E-state index >= 15 is 0 Å². The third-order valence-electron chi connectivity index (χ3n) is 2.99. The van der Waals surface area contributed by atoms with Crippen LogP contribution in [0.2, 0.25) is 0 Å². The first-order chi connectivity index (χ1) is 9.83. The van der Waals surface area contributed by atoms with E-state index in [4.69, 9.17) is 0 Å². The zero-order chi connectivity index (χ0) is 13.8. The molecule has 3 aromatic rings. The average Bonchev–Trinajstić information content (AvgIpc) is 2.48. The van der Waals surface area contributed by atoms with Gasteiger partial charge in [0.05, 0.1) is 5.69 Å². The van der Waals surface area contributed by atoms with Crippen LogP contribution in [-0.2, 0) is 11.5 Å². The van der Waals surface area contributed by atoms with Gasteiger partial charge in [0.25, 0.3) is 5.56 Å². The normalized spacial score (nSPS) is 10.8. The highest BCUT2D eigenvalue weighted by molar-refractivity contribution is 7.97. The highest BCUT2D eigenvalue weighted by Gasteiger charge is 2.02. The Morgan fingerprint density at radius 3 is 2.65 bits per heavy atom. The Bertz CT molecular complexity index is 768. The van der Waals surface area contributed by atoms with Crippen LogP contribution in [0.3, 0.4) is 0 Å². The predicted molar refractivity (Wildman–Crippen MR) is 82.9 cm³/mol. The highest BCUT2D eigenvalue weighted by Crippen LogP contribution is 2.16. The van der Waals surface area contributed by atoms with Gasteiger partial charge in [-0.25, -0.2) is 4.98 Å². The highest BCUT2D eigenvalue weighted by atomic mass is 32.2. The van der Waals surface area contributed by atoms with Gasteiger partial charge in [-0.1, -0.05) is 36.4 Å². The van der Waals surface area contributed by atoms with Crippen LogP contribution in [0.5, 0.6) is 0 Å². The van der Waals surface area contributed by atoms with Gasteiger partial charge >= 0.3 is 0 Å². The lowest BCUT2D eigenvalue weighted by Gasteiger charge is -2.04. The molecule has 4 heteroatoms. The topological polar surface area (TPSA) is 34.4 Å². The van der Waals surface area contributed by atoms with E-state index in [-0.39, 0.29) is 5.56 Å². The quantitative estimate of drug-likeness (QED) is 0.737. The Morgan fingerprint density at radius 2 is 1.80 bits per heavy atom. The second-order valence-electron chi connectivity index (χ2n) is 4.49. The summed E-state index contributed by atoms with van der Waals surface area (Å²) >= 11 is 1.77. The molecule has 0 radical (unpaired) electrons. The van der Waals surface area contributed by atoms with E-state index in [1.54, 1.807) is 28.4 Å². The Hall–Kier alpha value is -2.07. The van der Waals surface area contributed by atoms with E-state index in [0.717, 1.165) is 17.2 Å². The van der Waals surface area contributed by atoms with Crippen molar-refractivity contribution in [3.8, 4) is 0 Å². The zero-order valence-electron chi connectivity index (χ0n) is 10.9. The molecule has 0 aliphatic carbocycles. The summed E-state index contributed by atoms with van der Waals surface area (Å²) < 4.78 is 1.56. The summed E-state index contributed by atoms with van der Waals surface area (Å²) in [4.78, 5) is 16.5. The average molecular weight is 282 g/mol. The first-order valence-corrected chi connectivity index (χ1v) is 7.57. The molecule has 100 valence electrons. The van der Waals surface area contributed by atoms with Gasteiger partial charge in [0, 0.05) is 23.8 Å². The minimum absolute atomic E-state index is 0.0223.